The molecular weight excluding hydrogens is 242 g/mol. The molecule has 0 aliphatic carbocycles. The summed E-state index contributed by atoms with van der Waals surface area (Å²) in [5, 5.41) is 7.61. The number of aromatic amines is 1. The molecule has 0 saturated carbocycles. The number of nitrogens with two attached hydrogens (primary N) is 1. The summed E-state index contributed by atoms with van der Waals surface area (Å²) < 4.78 is 1.60. The third-order valence-corrected chi connectivity index (χ3v) is 3.01. The molecule has 0 fully saturated rings. The molecule has 2 aromatic heterocycles. The molecule has 0 radical (unpaired) electrons. The highest BCUT2D eigenvalue weighted by atomic mass is 16.1. The molecule has 1 amide bonds. The maximum atomic E-state index is 12.2. The second-order valence-corrected chi connectivity index (χ2v) is 4.30. The average molecular weight is 255 g/mol. The van der Waals surface area contributed by atoms with Crippen molar-refractivity contribution in [2.24, 2.45) is 7.05 Å². The number of hydrogen-bond acceptors (Lipinski definition) is 3. The third kappa shape index (κ3) is 1.93. The number of nitrogens with one attached hydrogen (secondary N) is 2. The Balaban J connectivity index is 1.98. The van der Waals surface area contributed by atoms with Gasteiger partial charge in [0.15, 0.2) is 0 Å². The summed E-state index contributed by atoms with van der Waals surface area (Å²) in [4.78, 5) is 15.3. The number of carbonyl (C=O) groups is 1. The zero-order valence-electron chi connectivity index (χ0n) is 10.3. The van der Waals surface area contributed by atoms with Crippen LogP contribution in [0.25, 0.3) is 10.9 Å². The van der Waals surface area contributed by atoms with Crippen molar-refractivity contribution in [3.63, 3.8) is 0 Å². The van der Waals surface area contributed by atoms with E-state index in [2.05, 4.69) is 15.4 Å². The van der Waals surface area contributed by atoms with Crippen molar-refractivity contribution in [2.45, 2.75) is 0 Å². The van der Waals surface area contributed by atoms with Crippen molar-refractivity contribution in [1.29, 1.82) is 0 Å². The minimum absolute atomic E-state index is 0.194. The second kappa shape index (κ2) is 4.16. The van der Waals surface area contributed by atoms with Gasteiger partial charge in [-0.15, -0.1) is 0 Å². The summed E-state index contributed by atoms with van der Waals surface area (Å²) in [7, 11) is 1.77. The lowest BCUT2D eigenvalue weighted by molar-refractivity contribution is 0.102. The largest absolute Gasteiger partial charge is 0.399 e. The van der Waals surface area contributed by atoms with Crippen LogP contribution in [-0.2, 0) is 7.05 Å². The highest BCUT2D eigenvalue weighted by molar-refractivity contribution is 6.12. The number of carbonyl (C=O) groups excluding carboxylic acids is 1. The SMILES string of the molecule is Cn1nccc1NC(=O)c1c[nH]c2ccc(N)cc12. The lowest BCUT2D eigenvalue weighted by Gasteiger charge is -2.04. The fourth-order valence-corrected chi connectivity index (χ4v) is 2.01. The minimum atomic E-state index is -0.194. The van der Waals surface area contributed by atoms with Gasteiger partial charge < -0.3 is 16.0 Å². The van der Waals surface area contributed by atoms with E-state index in [9.17, 15) is 4.79 Å². The van der Waals surface area contributed by atoms with E-state index in [-0.39, 0.29) is 5.91 Å². The summed E-state index contributed by atoms with van der Waals surface area (Å²) in [5.74, 6) is 0.448. The van der Waals surface area contributed by atoms with E-state index in [1.54, 1.807) is 42.3 Å². The Morgan fingerprint density at radius 3 is 3.00 bits per heavy atom. The van der Waals surface area contributed by atoms with E-state index in [1.807, 2.05) is 6.07 Å². The van der Waals surface area contributed by atoms with Crippen LogP contribution in [0.3, 0.4) is 0 Å². The molecule has 0 atom stereocenters. The number of hydrogen-bond donors (Lipinski definition) is 3. The van der Waals surface area contributed by atoms with Gasteiger partial charge in [0.05, 0.1) is 11.8 Å². The molecule has 3 aromatic rings. The predicted octanol–water partition coefficient (Wildman–Crippen LogP) is 1.74. The third-order valence-electron chi connectivity index (χ3n) is 3.01. The van der Waals surface area contributed by atoms with Crippen LogP contribution < -0.4 is 11.1 Å². The molecule has 96 valence electrons. The quantitative estimate of drug-likeness (QED) is 0.609. The first-order valence-corrected chi connectivity index (χ1v) is 5.81. The Labute approximate surface area is 109 Å². The molecule has 0 saturated heterocycles. The highest BCUT2D eigenvalue weighted by Gasteiger charge is 2.13. The van der Waals surface area contributed by atoms with E-state index in [1.165, 1.54) is 0 Å². The number of benzene rings is 1. The monoisotopic (exact) mass is 255 g/mol. The Hall–Kier alpha value is -2.76. The number of fused-ring (bicyclic) bond motifs is 1. The van der Waals surface area contributed by atoms with E-state index in [0.29, 0.717) is 17.1 Å². The summed E-state index contributed by atoms with van der Waals surface area (Å²) >= 11 is 0. The van der Waals surface area contributed by atoms with Gasteiger partial charge in [-0.05, 0) is 18.2 Å². The maximum Gasteiger partial charge on any atom is 0.258 e. The van der Waals surface area contributed by atoms with Gasteiger partial charge in [0.25, 0.3) is 5.91 Å². The van der Waals surface area contributed by atoms with Crippen LogP contribution in [0, 0.1) is 0 Å². The summed E-state index contributed by atoms with van der Waals surface area (Å²) in [6, 6.07) is 7.16. The molecule has 4 N–H and O–H groups in total. The molecule has 0 spiro atoms. The zero-order valence-corrected chi connectivity index (χ0v) is 10.3. The van der Waals surface area contributed by atoms with Gasteiger partial charge in [0.2, 0.25) is 0 Å². The van der Waals surface area contributed by atoms with E-state index in [4.69, 9.17) is 5.73 Å². The van der Waals surface area contributed by atoms with Crippen molar-refractivity contribution in [3.8, 4) is 0 Å². The van der Waals surface area contributed by atoms with Crippen LogP contribution in [0.5, 0.6) is 0 Å². The number of aryl methyl sites for hydroxylation is 1. The van der Waals surface area contributed by atoms with Crippen molar-refractivity contribution in [3.05, 3.63) is 42.2 Å². The van der Waals surface area contributed by atoms with Gasteiger partial charge in [-0.1, -0.05) is 0 Å². The zero-order chi connectivity index (χ0) is 13.4. The molecule has 19 heavy (non-hydrogen) atoms. The Bertz CT molecular complexity index is 755. The average Bonchev–Trinajstić information content (AvgIpc) is 2.96. The normalized spacial score (nSPS) is 10.8. The first kappa shape index (κ1) is 11.3. The van der Waals surface area contributed by atoms with Gasteiger partial charge in [-0.2, -0.15) is 5.10 Å². The summed E-state index contributed by atoms with van der Waals surface area (Å²) in [6.45, 7) is 0. The number of H-pyrrole nitrogens is 1. The molecule has 6 heteroatoms. The van der Waals surface area contributed by atoms with E-state index >= 15 is 0 Å². The van der Waals surface area contributed by atoms with Crippen LogP contribution in [0.15, 0.2) is 36.7 Å². The Kier molecular flexibility index (Phi) is 2.49. The minimum Gasteiger partial charge on any atom is -0.399 e. The molecule has 0 aliphatic heterocycles. The predicted molar refractivity (Wildman–Crippen MR) is 73.9 cm³/mol. The van der Waals surface area contributed by atoms with Crippen molar-refractivity contribution < 1.29 is 4.79 Å². The van der Waals surface area contributed by atoms with Crippen molar-refractivity contribution in [1.82, 2.24) is 14.8 Å². The molecule has 6 nitrogen and oxygen atoms in total. The van der Waals surface area contributed by atoms with Gasteiger partial charge >= 0.3 is 0 Å². The van der Waals surface area contributed by atoms with Crippen LogP contribution in [0.1, 0.15) is 10.4 Å². The lowest BCUT2D eigenvalue weighted by atomic mass is 10.1. The molecule has 1 aromatic carbocycles. The number of aromatic nitrogens is 3. The molecule has 0 bridgehead atoms. The molecule has 0 aliphatic rings. The fraction of sp³-hybridized carbons (Fsp3) is 0.0769. The van der Waals surface area contributed by atoms with Gasteiger partial charge in [-0.25, -0.2) is 0 Å². The first-order valence-electron chi connectivity index (χ1n) is 5.81. The maximum absolute atomic E-state index is 12.2. The van der Waals surface area contributed by atoms with Crippen molar-refractivity contribution >= 4 is 28.3 Å². The second-order valence-electron chi connectivity index (χ2n) is 4.30. The molecule has 3 rings (SSSR count). The highest BCUT2D eigenvalue weighted by Crippen LogP contribution is 2.21. The smallest absolute Gasteiger partial charge is 0.258 e. The summed E-state index contributed by atoms with van der Waals surface area (Å²) in [6.07, 6.45) is 3.30. The van der Waals surface area contributed by atoms with Crippen LogP contribution in [0.4, 0.5) is 11.5 Å². The lowest BCUT2D eigenvalue weighted by Crippen LogP contribution is -2.14. The van der Waals surface area contributed by atoms with Crippen LogP contribution in [-0.4, -0.2) is 20.7 Å². The van der Waals surface area contributed by atoms with Gasteiger partial charge in [0.1, 0.15) is 5.82 Å². The first-order chi connectivity index (χ1) is 9.15. The van der Waals surface area contributed by atoms with Crippen LogP contribution in [0.2, 0.25) is 0 Å². The van der Waals surface area contributed by atoms with Crippen LogP contribution >= 0.6 is 0 Å². The van der Waals surface area contributed by atoms with E-state index < -0.39 is 0 Å². The molecular formula is C13H13N5O. The summed E-state index contributed by atoms with van der Waals surface area (Å²) in [5.41, 5.74) is 7.82. The molecule has 0 unspecified atom stereocenters. The van der Waals surface area contributed by atoms with Gasteiger partial charge in [-0.3, -0.25) is 9.48 Å². The number of nitrogens with zero attached hydrogens (tertiary/aromatic N) is 2. The topological polar surface area (TPSA) is 88.7 Å². The standard InChI is InChI=1S/C13H13N5O/c1-18-12(4-5-16-18)17-13(19)10-7-15-11-3-2-8(14)6-9(10)11/h2-7,15H,14H2,1H3,(H,17,19). The van der Waals surface area contributed by atoms with Crippen molar-refractivity contribution in [2.75, 3.05) is 11.1 Å². The van der Waals surface area contributed by atoms with E-state index in [0.717, 1.165) is 10.9 Å². The Morgan fingerprint density at radius 1 is 1.42 bits per heavy atom. The number of anilines is 2. The van der Waals surface area contributed by atoms with Gasteiger partial charge in [0, 0.05) is 35.9 Å². The number of rotatable bonds is 2. The number of nitrogen functional groups attached to an aromatic ring is 1. The number of amides is 1. The fourth-order valence-electron chi connectivity index (χ4n) is 2.01. The Morgan fingerprint density at radius 2 is 2.26 bits per heavy atom. The molecule has 2 heterocycles.